The Morgan fingerprint density at radius 1 is 0.861 bits per heavy atom. The monoisotopic (exact) mass is 495 g/mol. The number of fused-ring (bicyclic) bond motifs is 1. The van der Waals surface area contributed by atoms with Gasteiger partial charge in [-0.25, -0.2) is 0 Å². The summed E-state index contributed by atoms with van der Waals surface area (Å²) < 4.78 is 11.8. The predicted molar refractivity (Wildman–Crippen MR) is 144 cm³/mol. The summed E-state index contributed by atoms with van der Waals surface area (Å²) in [6, 6.07) is 29.5. The molecule has 0 radical (unpaired) electrons. The van der Waals surface area contributed by atoms with Gasteiger partial charge in [0.1, 0.15) is 24.7 Å². The Hall–Kier alpha value is -4.03. The van der Waals surface area contributed by atoms with Crippen molar-refractivity contribution in [3.63, 3.8) is 0 Å². The van der Waals surface area contributed by atoms with Crippen molar-refractivity contribution in [2.75, 3.05) is 13.2 Å². The van der Waals surface area contributed by atoms with Gasteiger partial charge in [0.15, 0.2) is 0 Å². The molecule has 5 nitrogen and oxygen atoms in total. The highest BCUT2D eigenvalue weighted by atomic mass is 32.2. The molecule has 4 aromatic rings. The van der Waals surface area contributed by atoms with E-state index in [2.05, 4.69) is 19.1 Å². The highest BCUT2D eigenvalue weighted by Gasteiger charge is 2.34. The third-order valence-corrected chi connectivity index (χ3v) is 6.77. The van der Waals surface area contributed by atoms with Gasteiger partial charge < -0.3 is 9.47 Å². The summed E-state index contributed by atoms with van der Waals surface area (Å²) in [7, 11) is 0. The lowest BCUT2D eigenvalue weighted by molar-refractivity contribution is -0.123. The van der Waals surface area contributed by atoms with Crippen LogP contribution in [0.1, 0.15) is 16.7 Å². The molecule has 0 spiro atoms. The Labute approximate surface area is 214 Å². The van der Waals surface area contributed by atoms with E-state index in [1.54, 1.807) is 6.08 Å². The van der Waals surface area contributed by atoms with Gasteiger partial charge in [0, 0.05) is 5.39 Å². The first-order valence-corrected chi connectivity index (χ1v) is 12.5. The molecule has 0 saturated carbocycles. The maximum absolute atomic E-state index is 12.9. The molecule has 2 amide bonds. The van der Waals surface area contributed by atoms with E-state index in [1.807, 2.05) is 78.9 Å². The first-order valence-electron chi connectivity index (χ1n) is 11.7. The fraction of sp³-hybridized carbons (Fsp3) is 0.133. The summed E-state index contributed by atoms with van der Waals surface area (Å²) in [4.78, 5) is 27.0. The fourth-order valence-corrected chi connectivity index (χ4v) is 4.91. The molecule has 5 rings (SSSR count). The lowest BCUT2D eigenvalue weighted by atomic mass is 10.1. The molecule has 0 aliphatic carbocycles. The number of hydrogen-bond donors (Lipinski definition) is 0. The molecule has 0 bridgehead atoms. The average Bonchev–Trinajstić information content (AvgIpc) is 3.16. The second-order valence-corrected chi connectivity index (χ2v) is 9.50. The van der Waals surface area contributed by atoms with E-state index in [9.17, 15) is 9.59 Å². The van der Waals surface area contributed by atoms with Crippen molar-refractivity contribution in [2.45, 2.75) is 13.5 Å². The van der Waals surface area contributed by atoms with Crippen molar-refractivity contribution in [1.82, 2.24) is 4.90 Å². The van der Waals surface area contributed by atoms with Gasteiger partial charge >= 0.3 is 0 Å². The van der Waals surface area contributed by atoms with Crippen LogP contribution in [-0.4, -0.2) is 29.2 Å². The number of ether oxygens (including phenoxy) is 2. The fourth-order valence-electron chi connectivity index (χ4n) is 4.04. The van der Waals surface area contributed by atoms with Crippen molar-refractivity contribution < 1.29 is 19.1 Å². The molecule has 0 unspecified atom stereocenters. The van der Waals surface area contributed by atoms with Crippen LogP contribution in [0.25, 0.3) is 16.8 Å². The number of benzene rings is 4. The molecular weight excluding hydrogens is 470 g/mol. The molecule has 6 heteroatoms. The molecule has 1 aliphatic heterocycles. The van der Waals surface area contributed by atoms with Gasteiger partial charge in [-0.15, -0.1) is 0 Å². The number of carbonyl (C=O) groups is 2. The van der Waals surface area contributed by atoms with E-state index in [0.29, 0.717) is 11.5 Å². The van der Waals surface area contributed by atoms with Gasteiger partial charge in [0.05, 0.1) is 11.4 Å². The van der Waals surface area contributed by atoms with Crippen LogP contribution in [0.15, 0.2) is 95.9 Å². The zero-order valence-corrected chi connectivity index (χ0v) is 20.7. The van der Waals surface area contributed by atoms with Crippen LogP contribution in [0.5, 0.6) is 11.5 Å². The van der Waals surface area contributed by atoms with Crippen LogP contribution in [0, 0.1) is 6.92 Å². The molecule has 1 saturated heterocycles. The van der Waals surface area contributed by atoms with Gasteiger partial charge in [-0.1, -0.05) is 78.4 Å². The van der Waals surface area contributed by atoms with E-state index < -0.39 is 0 Å². The summed E-state index contributed by atoms with van der Waals surface area (Å²) in [5.41, 5.74) is 3.13. The Balaban J connectivity index is 1.18. The highest BCUT2D eigenvalue weighted by Crippen LogP contribution is 2.32. The largest absolute Gasteiger partial charge is 0.491 e. The van der Waals surface area contributed by atoms with Gasteiger partial charge in [0.25, 0.3) is 11.1 Å². The smallest absolute Gasteiger partial charge is 0.293 e. The second kappa shape index (κ2) is 10.7. The van der Waals surface area contributed by atoms with Crippen LogP contribution in [0.2, 0.25) is 0 Å². The van der Waals surface area contributed by atoms with Crippen LogP contribution < -0.4 is 9.47 Å². The number of amides is 2. The molecule has 1 fully saturated rings. The summed E-state index contributed by atoms with van der Waals surface area (Å²) in [6.07, 6.45) is 1.74. The number of rotatable bonds is 8. The summed E-state index contributed by atoms with van der Waals surface area (Å²) >= 11 is 0.950. The topological polar surface area (TPSA) is 55.8 Å². The van der Waals surface area contributed by atoms with Gasteiger partial charge in [-0.3, -0.25) is 14.5 Å². The molecule has 1 heterocycles. The summed E-state index contributed by atoms with van der Waals surface area (Å²) in [5, 5.41) is 1.79. The normalized spacial score (nSPS) is 14.6. The molecule has 36 heavy (non-hydrogen) atoms. The van der Waals surface area contributed by atoms with Gasteiger partial charge in [-0.2, -0.15) is 0 Å². The third-order valence-electron chi connectivity index (χ3n) is 5.86. The number of nitrogens with zero attached hydrogens (tertiary/aromatic N) is 1. The first-order chi connectivity index (χ1) is 17.6. The number of thioether (sulfide) groups is 1. The Kier molecular flexibility index (Phi) is 7.05. The Morgan fingerprint density at radius 3 is 2.47 bits per heavy atom. The van der Waals surface area contributed by atoms with Gasteiger partial charge in [-0.05, 0) is 59.5 Å². The number of carbonyl (C=O) groups excluding carboxylic acids is 2. The SMILES string of the molecule is Cc1cccc(COc2ccc(/C=C3\SC(=O)N(CCOc4cccc5ccccc45)C3=O)cc2)c1. The van der Waals surface area contributed by atoms with Gasteiger partial charge in [0.2, 0.25) is 0 Å². The molecule has 180 valence electrons. The molecule has 0 N–H and O–H groups in total. The maximum atomic E-state index is 12.9. The van der Waals surface area contributed by atoms with E-state index in [4.69, 9.17) is 9.47 Å². The standard InChI is InChI=1S/C30H25NO4S/c1-21-6-4-7-23(18-21)20-35-25-14-12-22(13-15-25)19-28-29(32)31(30(33)36-28)16-17-34-27-11-5-9-24-8-2-3-10-26(24)27/h2-15,18-19H,16-17,20H2,1H3/b28-19-. The summed E-state index contributed by atoms with van der Waals surface area (Å²) in [5.74, 6) is 1.18. The van der Waals surface area contributed by atoms with Crippen LogP contribution >= 0.6 is 11.8 Å². The van der Waals surface area contributed by atoms with Crippen molar-refractivity contribution in [1.29, 1.82) is 0 Å². The highest BCUT2D eigenvalue weighted by molar-refractivity contribution is 8.18. The molecular formula is C30H25NO4S. The Bertz CT molecular complexity index is 1440. The zero-order chi connectivity index (χ0) is 24.9. The maximum Gasteiger partial charge on any atom is 0.293 e. The Morgan fingerprint density at radius 2 is 1.64 bits per heavy atom. The van der Waals surface area contributed by atoms with E-state index in [0.717, 1.165) is 45.2 Å². The van der Waals surface area contributed by atoms with Crippen LogP contribution in [0.3, 0.4) is 0 Å². The lowest BCUT2D eigenvalue weighted by Gasteiger charge is -2.14. The quantitative estimate of drug-likeness (QED) is 0.251. The predicted octanol–water partition coefficient (Wildman–Crippen LogP) is 6.84. The van der Waals surface area contributed by atoms with Crippen molar-refractivity contribution in [3.05, 3.63) is 113 Å². The van der Waals surface area contributed by atoms with Crippen molar-refractivity contribution in [3.8, 4) is 11.5 Å². The van der Waals surface area contributed by atoms with E-state index >= 15 is 0 Å². The number of aryl methyl sites for hydroxylation is 1. The minimum Gasteiger partial charge on any atom is -0.491 e. The minimum absolute atomic E-state index is 0.191. The van der Waals surface area contributed by atoms with E-state index in [-0.39, 0.29) is 24.3 Å². The van der Waals surface area contributed by atoms with Crippen molar-refractivity contribution in [2.24, 2.45) is 0 Å². The molecule has 1 aliphatic rings. The number of hydrogen-bond acceptors (Lipinski definition) is 5. The van der Waals surface area contributed by atoms with Crippen LogP contribution in [-0.2, 0) is 11.4 Å². The minimum atomic E-state index is -0.300. The molecule has 4 aromatic carbocycles. The van der Waals surface area contributed by atoms with Crippen LogP contribution in [0.4, 0.5) is 4.79 Å². The molecule has 0 aromatic heterocycles. The molecule has 0 atom stereocenters. The van der Waals surface area contributed by atoms with Crippen molar-refractivity contribution >= 4 is 39.8 Å². The zero-order valence-electron chi connectivity index (χ0n) is 19.8. The van der Waals surface area contributed by atoms with E-state index in [1.165, 1.54) is 10.5 Å². The first kappa shape index (κ1) is 23.7. The summed E-state index contributed by atoms with van der Waals surface area (Å²) in [6.45, 7) is 2.96. The number of imide groups is 1. The second-order valence-electron chi connectivity index (χ2n) is 8.51. The lowest BCUT2D eigenvalue weighted by Crippen LogP contribution is -2.32. The average molecular weight is 496 g/mol. The third kappa shape index (κ3) is 5.44.